The van der Waals surface area contributed by atoms with Crippen molar-refractivity contribution < 1.29 is 9.53 Å². The molecule has 0 saturated carbocycles. The second-order valence-corrected chi connectivity index (χ2v) is 9.37. The average Bonchev–Trinajstić information content (AvgIpc) is 3.37. The summed E-state index contributed by atoms with van der Waals surface area (Å²) in [4.78, 5) is 30.6. The monoisotopic (exact) mass is 472 g/mol. The fourth-order valence-corrected chi connectivity index (χ4v) is 5.12. The molecule has 3 aromatic rings. The number of benzene rings is 1. The normalized spacial score (nSPS) is 19.3. The van der Waals surface area contributed by atoms with Gasteiger partial charge in [-0.1, -0.05) is 0 Å². The Balaban J connectivity index is 1.33. The molecule has 32 heavy (non-hydrogen) atoms. The molecule has 1 aromatic carbocycles. The summed E-state index contributed by atoms with van der Waals surface area (Å²) >= 11 is 7.69. The molecule has 1 atom stereocenters. The van der Waals surface area contributed by atoms with Crippen LogP contribution in [0.5, 0.6) is 0 Å². The number of fused-ring (bicyclic) bond motifs is 1. The molecule has 2 saturated heterocycles. The average molecular weight is 473 g/mol. The first-order valence-electron chi connectivity index (χ1n) is 10.9. The minimum absolute atomic E-state index is 0.0594. The second-order valence-electron chi connectivity index (χ2n) is 8.15. The number of carbonyl (C=O) groups excluding carboxylic acids is 1. The van der Waals surface area contributed by atoms with Crippen LogP contribution >= 0.6 is 22.9 Å². The smallest absolute Gasteiger partial charge is 0.263 e. The van der Waals surface area contributed by atoms with Crippen molar-refractivity contribution in [2.24, 2.45) is 5.92 Å². The van der Waals surface area contributed by atoms with E-state index in [4.69, 9.17) is 16.3 Å². The third-order valence-electron chi connectivity index (χ3n) is 6.04. The molecule has 1 unspecified atom stereocenters. The van der Waals surface area contributed by atoms with Gasteiger partial charge in [-0.05, 0) is 48.6 Å². The fraction of sp³-hybridized carbons (Fsp3) is 0.455. The number of morpholine rings is 1. The van der Waals surface area contributed by atoms with Crippen LogP contribution in [0, 0.1) is 5.92 Å². The minimum atomic E-state index is -0.0594. The van der Waals surface area contributed by atoms with Crippen LogP contribution in [0.4, 0.5) is 11.5 Å². The second kappa shape index (κ2) is 9.56. The number of halogens is 1. The highest BCUT2D eigenvalue weighted by molar-refractivity contribution is 7.11. The number of piperidine rings is 1. The van der Waals surface area contributed by atoms with Crippen LogP contribution in [-0.4, -0.2) is 66.8 Å². The summed E-state index contributed by atoms with van der Waals surface area (Å²) in [5.74, 6) is 1.15. The van der Waals surface area contributed by atoms with Crippen LogP contribution in [0.2, 0.25) is 5.28 Å². The van der Waals surface area contributed by atoms with Gasteiger partial charge < -0.3 is 19.9 Å². The molecule has 2 aliphatic heterocycles. The summed E-state index contributed by atoms with van der Waals surface area (Å²) in [6.07, 6.45) is 3.71. The van der Waals surface area contributed by atoms with Crippen LogP contribution in [0.15, 0.2) is 29.9 Å². The Morgan fingerprint density at radius 2 is 2.09 bits per heavy atom. The lowest BCUT2D eigenvalue weighted by Gasteiger charge is -2.34. The molecule has 5 rings (SSSR count). The number of nitrogens with one attached hydrogen (secondary N) is 1. The number of aromatic nitrogens is 3. The molecule has 1 N–H and O–H groups in total. The zero-order chi connectivity index (χ0) is 21.9. The van der Waals surface area contributed by atoms with E-state index in [-0.39, 0.29) is 11.2 Å². The lowest BCUT2D eigenvalue weighted by Crippen LogP contribution is -2.41. The Kier molecular flexibility index (Phi) is 6.38. The minimum Gasteiger partial charge on any atom is -0.378 e. The van der Waals surface area contributed by atoms with Crippen LogP contribution in [0.1, 0.15) is 22.5 Å². The van der Waals surface area contributed by atoms with E-state index in [9.17, 15) is 4.79 Å². The van der Waals surface area contributed by atoms with Gasteiger partial charge in [0.25, 0.3) is 5.91 Å². The van der Waals surface area contributed by atoms with E-state index in [2.05, 4.69) is 48.3 Å². The highest BCUT2D eigenvalue weighted by atomic mass is 35.5. The third-order valence-corrected chi connectivity index (χ3v) is 6.98. The molecule has 2 aliphatic rings. The zero-order valence-electron chi connectivity index (χ0n) is 17.7. The van der Waals surface area contributed by atoms with Crippen LogP contribution in [0.25, 0.3) is 10.9 Å². The first kappa shape index (κ1) is 21.4. The van der Waals surface area contributed by atoms with Crippen molar-refractivity contribution in [1.29, 1.82) is 0 Å². The summed E-state index contributed by atoms with van der Waals surface area (Å²) in [5.41, 5.74) is 3.65. The Morgan fingerprint density at radius 3 is 2.91 bits per heavy atom. The number of thiazole rings is 1. The highest BCUT2D eigenvalue weighted by Crippen LogP contribution is 2.31. The van der Waals surface area contributed by atoms with Gasteiger partial charge in [0.2, 0.25) is 5.28 Å². The van der Waals surface area contributed by atoms with Crippen molar-refractivity contribution in [3.05, 3.63) is 40.1 Å². The van der Waals surface area contributed by atoms with Crippen molar-refractivity contribution in [3.63, 3.8) is 0 Å². The first-order chi connectivity index (χ1) is 15.7. The van der Waals surface area contributed by atoms with E-state index < -0.39 is 0 Å². The number of amides is 1. The van der Waals surface area contributed by atoms with Crippen LogP contribution < -0.4 is 15.1 Å². The molecule has 8 nitrogen and oxygen atoms in total. The van der Waals surface area contributed by atoms with Gasteiger partial charge in [-0.25, -0.2) is 4.98 Å². The quantitative estimate of drug-likeness (QED) is 0.571. The van der Waals surface area contributed by atoms with E-state index in [0.717, 1.165) is 74.6 Å². The van der Waals surface area contributed by atoms with Crippen LogP contribution in [-0.2, 0) is 4.74 Å². The molecule has 2 aromatic heterocycles. The van der Waals surface area contributed by atoms with Crippen LogP contribution in [0.3, 0.4) is 0 Å². The molecule has 168 valence electrons. The summed E-state index contributed by atoms with van der Waals surface area (Å²) in [5, 5.41) is 4.31. The van der Waals surface area contributed by atoms with Gasteiger partial charge in [0.1, 0.15) is 10.7 Å². The topological polar surface area (TPSA) is 83.5 Å². The molecule has 0 radical (unpaired) electrons. The molecule has 0 bridgehead atoms. The third kappa shape index (κ3) is 4.65. The standard InChI is InChI=1S/C22H25ClN6O2S/c23-22-26-18-10-16(28-6-8-31-9-7-28)3-4-17(18)20(27-22)29-5-1-2-15(13-29)11-25-21(30)19-12-24-14-32-19/h3-4,10,12,14-15H,1-2,5-9,11,13H2,(H,25,30). The Morgan fingerprint density at radius 1 is 1.22 bits per heavy atom. The van der Waals surface area contributed by atoms with Gasteiger partial charge in [0.05, 0.1) is 30.4 Å². The SMILES string of the molecule is O=C(NCC1CCCN(c2nc(Cl)nc3cc(N4CCOCC4)ccc23)C1)c1cncs1. The molecule has 2 fully saturated rings. The number of hydrogen-bond acceptors (Lipinski definition) is 8. The Bertz CT molecular complexity index is 1090. The summed E-state index contributed by atoms with van der Waals surface area (Å²) in [7, 11) is 0. The molecular weight excluding hydrogens is 448 g/mol. The summed E-state index contributed by atoms with van der Waals surface area (Å²) < 4.78 is 5.47. The van der Waals surface area contributed by atoms with Gasteiger partial charge >= 0.3 is 0 Å². The fourth-order valence-electron chi connectivity index (χ4n) is 4.41. The predicted octanol–water partition coefficient (Wildman–Crippen LogP) is 3.22. The molecule has 1 amide bonds. The van der Waals surface area contributed by atoms with Crippen molar-refractivity contribution in [1.82, 2.24) is 20.3 Å². The van der Waals surface area contributed by atoms with E-state index in [0.29, 0.717) is 17.3 Å². The van der Waals surface area contributed by atoms with Gasteiger partial charge in [-0.3, -0.25) is 9.78 Å². The summed E-state index contributed by atoms with van der Waals surface area (Å²) in [6, 6.07) is 6.32. The number of anilines is 2. The van der Waals surface area contributed by atoms with E-state index >= 15 is 0 Å². The van der Waals surface area contributed by atoms with Gasteiger partial charge in [0, 0.05) is 43.8 Å². The maximum absolute atomic E-state index is 12.3. The molecule has 0 aliphatic carbocycles. The number of ether oxygens (including phenoxy) is 1. The number of hydrogen-bond donors (Lipinski definition) is 1. The molecular formula is C22H25ClN6O2S. The molecule has 10 heteroatoms. The largest absolute Gasteiger partial charge is 0.378 e. The van der Waals surface area contributed by atoms with Gasteiger partial charge in [0.15, 0.2) is 0 Å². The van der Waals surface area contributed by atoms with Crippen molar-refractivity contribution in [2.75, 3.05) is 55.7 Å². The van der Waals surface area contributed by atoms with Gasteiger partial charge in [-0.15, -0.1) is 11.3 Å². The van der Waals surface area contributed by atoms with Crippen molar-refractivity contribution in [2.45, 2.75) is 12.8 Å². The Hall–Kier alpha value is -2.49. The lowest BCUT2D eigenvalue weighted by atomic mass is 9.97. The number of carbonyl (C=O) groups is 1. The maximum atomic E-state index is 12.3. The zero-order valence-corrected chi connectivity index (χ0v) is 19.2. The van der Waals surface area contributed by atoms with E-state index in [1.165, 1.54) is 11.3 Å². The van der Waals surface area contributed by atoms with Crippen molar-refractivity contribution >= 4 is 51.3 Å². The molecule has 0 spiro atoms. The number of rotatable bonds is 5. The summed E-state index contributed by atoms with van der Waals surface area (Å²) in [6.45, 7) is 5.58. The predicted molar refractivity (Wildman–Crippen MR) is 127 cm³/mol. The first-order valence-corrected chi connectivity index (χ1v) is 12.1. The Labute approximate surface area is 195 Å². The van der Waals surface area contributed by atoms with Gasteiger partial charge in [-0.2, -0.15) is 4.98 Å². The maximum Gasteiger partial charge on any atom is 0.263 e. The number of nitrogens with zero attached hydrogens (tertiary/aromatic N) is 5. The molecule has 4 heterocycles. The van der Waals surface area contributed by atoms with E-state index in [1.807, 2.05) is 0 Å². The van der Waals surface area contributed by atoms with E-state index in [1.54, 1.807) is 11.7 Å². The van der Waals surface area contributed by atoms with Crippen molar-refractivity contribution in [3.8, 4) is 0 Å². The highest BCUT2D eigenvalue weighted by Gasteiger charge is 2.24. The lowest BCUT2D eigenvalue weighted by molar-refractivity contribution is 0.0949.